The molecule has 1 N–H and O–H groups in total. The zero-order valence-electron chi connectivity index (χ0n) is 21.4. The van der Waals surface area contributed by atoms with Crippen LogP contribution in [-0.2, 0) is 0 Å². The minimum atomic E-state index is -0.387. The van der Waals surface area contributed by atoms with Crippen LogP contribution in [0.2, 0.25) is 10.0 Å². The molecule has 1 saturated carbocycles. The highest BCUT2D eigenvalue weighted by Crippen LogP contribution is 2.40. The molecule has 5 aromatic rings. The third-order valence-corrected chi connectivity index (χ3v) is 7.66. The summed E-state index contributed by atoms with van der Waals surface area (Å²) in [6.07, 6.45) is 1.82. The summed E-state index contributed by atoms with van der Waals surface area (Å²) in [5.74, 6) is -0.559. The van der Waals surface area contributed by atoms with Crippen molar-refractivity contribution in [3.8, 4) is 22.5 Å². The molecule has 0 bridgehead atoms. The van der Waals surface area contributed by atoms with Gasteiger partial charge in [-0.05, 0) is 85.1 Å². The summed E-state index contributed by atoms with van der Waals surface area (Å²) in [7, 11) is 1.54. The van der Waals surface area contributed by atoms with E-state index in [2.05, 4.69) is 5.32 Å². The van der Waals surface area contributed by atoms with E-state index in [1.165, 1.54) is 19.2 Å². The van der Waals surface area contributed by atoms with Crippen molar-refractivity contribution >= 4 is 51.7 Å². The van der Waals surface area contributed by atoms with Crippen LogP contribution in [-0.4, -0.2) is 24.9 Å². The molecule has 8 heteroatoms. The van der Waals surface area contributed by atoms with E-state index in [9.17, 15) is 14.0 Å². The highest BCUT2D eigenvalue weighted by atomic mass is 35.5. The first-order valence-corrected chi connectivity index (χ1v) is 13.5. The molecule has 2 amide bonds. The zero-order chi connectivity index (χ0) is 28.0. The van der Waals surface area contributed by atoms with Crippen LogP contribution >= 0.6 is 23.2 Å². The summed E-state index contributed by atoms with van der Waals surface area (Å²) in [5.41, 5.74) is 3.88. The number of furan rings is 1. The molecule has 1 fully saturated rings. The number of halogens is 3. The largest absolute Gasteiger partial charge is 0.455 e. The lowest BCUT2D eigenvalue weighted by molar-refractivity contribution is 0.0962. The summed E-state index contributed by atoms with van der Waals surface area (Å²) in [4.78, 5) is 28.5. The normalized spacial score (nSPS) is 12.9. The molecule has 0 atom stereocenters. The number of carbonyl (C=O) groups is 2. The van der Waals surface area contributed by atoms with E-state index in [-0.39, 0.29) is 23.7 Å². The number of benzene rings is 4. The second-order valence-corrected chi connectivity index (χ2v) is 10.5. The third-order valence-electron chi connectivity index (χ3n) is 7.02. The summed E-state index contributed by atoms with van der Waals surface area (Å²) in [5, 5.41) is 4.20. The second kappa shape index (κ2) is 10.5. The summed E-state index contributed by atoms with van der Waals surface area (Å²) in [6, 6.07) is 23.8. The van der Waals surface area contributed by atoms with Crippen LogP contribution in [0.5, 0.6) is 0 Å². The Morgan fingerprint density at radius 2 is 1.62 bits per heavy atom. The van der Waals surface area contributed by atoms with E-state index in [0.29, 0.717) is 60.3 Å². The van der Waals surface area contributed by atoms with E-state index < -0.39 is 0 Å². The minimum absolute atomic E-state index is 0.0915. The second-order valence-electron chi connectivity index (χ2n) is 9.66. The molecule has 0 aliphatic heterocycles. The van der Waals surface area contributed by atoms with Crippen LogP contribution in [0.15, 0.2) is 89.3 Å². The molecule has 200 valence electrons. The van der Waals surface area contributed by atoms with E-state index in [1.54, 1.807) is 47.4 Å². The zero-order valence-corrected chi connectivity index (χ0v) is 22.9. The van der Waals surface area contributed by atoms with Gasteiger partial charge in [0.1, 0.15) is 17.2 Å². The van der Waals surface area contributed by atoms with Crippen molar-refractivity contribution < 1.29 is 18.4 Å². The molecule has 1 aromatic heterocycles. The lowest BCUT2D eigenvalue weighted by Crippen LogP contribution is -2.33. The van der Waals surface area contributed by atoms with Gasteiger partial charge >= 0.3 is 0 Å². The van der Waals surface area contributed by atoms with E-state index in [4.69, 9.17) is 27.6 Å². The summed E-state index contributed by atoms with van der Waals surface area (Å²) < 4.78 is 19.6. The average molecular weight is 573 g/mol. The Hall–Kier alpha value is -4.13. The third kappa shape index (κ3) is 4.74. The van der Waals surface area contributed by atoms with Crippen LogP contribution in [0.1, 0.15) is 33.6 Å². The van der Waals surface area contributed by atoms with Crippen molar-refractivity contribution in [1.82, 2.24) is 5.32 Å². The Morgan fingerprint density at radius 1 is 0.900 bits per heavy atom. The molecular weight excluding hydrogens is 550 g/mol. The molecule has 1 aliphatic carbocycles. The van der Waals surface area contributed by atoms with Gasteiger partial charge in [-0.15, -0.1) is 0 Å². The smallest absolute Gasteiger partial charge is 0.258 e. The molecule has 4 aromatic carbocycles. The van der Waals surface area contributed by atoms with E-state index in [1.807, 2.05) is 30.3 Å². The Labute approximate surface area is 240 Å². The van der Waals surface area contributed by atoms with Crippen LogP contribution in [0.4, 0.5) is 10.1 Å². The molecular formula is C32H23Cl2FN2O3. The van der Waals surface area contributed by atoms with E-state index in [0.717, 1.165) is 12.8 Å². The van der Waals surface area contributed by atoms with Crippen molar-refractivity contribution in [2.45, 2.75) is 18.9 Å². The van der Waals surface area contributed by atoms with Crippen molar-refractivity contribution in [1.29, 1.82) is 0 Å². The molecule has 0 radical (unpaired) electrons. The topological polar surface area (TPSA) is 62.6 Å². The highest BCUT2D eigenvalue weighted by Gasteiger charge is 2.35. The maximum Gasteiger partial charge on any atom is 0.258 e. The molecule has 0 unspecified atom stereocenters. The number of amides is 2. The molecule has 6 rings (SSSR count). The first kappa shape index (κ1) is 26.1. The number of anilines is 1. The highest BCUT2D eigenvalue weighted by molar-refractivity contribution is 6.34. The quantitative estimate of drug-likeness (QED) is 0.222. The number of fused-ring (bicyclic) bond motifs is 1. The molecule has 0 saturated heterocycles. The van der Waals surface area contributed by atoms with Crippen molar-refractivity contribution in [2.24, 2.45) is 0 Å². The fourth-order valence-corrected chi connectivity index (χ4v) is 5.34. The standard InChI is InChI=1S/C32H23Cl2FN2O3/c1-36-31(38)29-24-16-19(9-15-28(24)40-30(29)18-6-10-21(35)11-7-18)23-17-20(8-14-25(23)33)32(39)37(22-12-13-22)27-5-3-2-4-26(27)34/h2-11,14-17,22H,12-13H2,1H3,(H,36,38). The maximum absolute atomic E-state index is 13.8. The van der Waals surface area contributed by atoms with Crippen LogP contribution in [0.3, 0.4) is 0 Å². The SMILES string of the molecule is CNC(=O)c1c(-c2ccc(F)cc2)oc2ccc(-c3cc(C(=O)N(c4ccccc4Cl)C4CC4)ccc3Cl)cc12. The Balaban J connectivity index is 1.44. The molecule has 5 nitrogen and oxygen atoms in total. The fraction of sp³-hybridized carbons (Fsp3) is 0.125. The van der Waals surface area contributed by atoms with Gasteiger partial charge in [0.05, 0.1) is 16.3 Å². The van der Waals surface area contributed by atoms with Gasteiger partial charge in [-0.1, -0.05) is 41.4 Å². The first-order valence-electron chi connectivity index (χ1n) is 12.8. The lowest BCUT2D eigenvalue weighted by atomic mass is 9.98. The number of carbonyl (C=O) groups excluding carboxylic acids is 2. The van der Waals surface area contributed by atoms with Crippen molar-refractivity contribution in [2.75, 3.05) is 11.9 Å². The predicted molar refractivity (Wildman–Crippen MR) is 157 cm³/mol. The number of nitrogens with zero attached hydrogens (tertiary/aromatic N) is 1. The number of hydrogen-bond donors (Lipinski definition) is 1. The Bertz CT molecular complexity index is 1780. The van der Waals surface area contributed by atoms with Crippen LogP contribution in [0.25, 0.3) is 33.4 Å². The van der Waals surface area contributed by atoms with Gasteiger partial charge in [-0.25, -0.2) is 4.39 Å². The number of para-hydroxylation sites is 1. The lowest BCUT2D eigenvalue weighted by Gasteiger charge is -2.24. The monoisotopic (exact) mass is 572 g/mol. The average Bonchev–Trinajstić information content (AvgIpc) is 3.73. The molecule has 1 heterocycles. The summed E-state index contributed by atoms with van der Waals surface area (Å²) >= 11 is 13.1. The Morgan fingerprint density at radius 3 is 2.33 bits per heavy atom. The van der Waals surface area contributed by atoms with E-state index >= 15 is 0 Å². The van der Waals surface area contributed by atoms with Crippen molar-refractivity contribution in [3.63, 3.8) is 0 Å². The minimum Gasteiger partial charge on any atom is -0.455 e. The fourth-order valence-electron chi connectivity index (χ4n) is 4.89. The van der Waals surface area contributed by atoms with Gasteiger partial charge < -0.3 is 14.6 Å². The van der Waals surface area contributed by atoms with Gasteiger partial charge in [0.15, 0.2) is 0 Å². The van der Waals surface area contributed by atoms with Gasteiger partial charge in [0.2, 0.25) is 0 Å². The Kier molecular flexibility index (Phi) is 6.82. The van der Waals surface area contributed by atoms with Gasteiger partial charge in [-0.2, -0.15) is 0 Å². The van der Waals surface area contributed by atoms with Crippen LogP contribution < -0.4 is 10.2 Å². The van der Waals surface area contributed by atoms with Crippen molar-refractivity contribution in [3.05, 3.63) is 112 Å². The molecule has 1 aliphatic rings. The molecule has 0 spiro atoms. The first-order chi connectivity index (χ1) is 19.4. The predicted octanol–water partition coefficient (Wildman–Crippen LogP) is 8.38. The number of rotatable bonds is 6. The van der Waals surface area contributed by atoms with Gasteiger partial charge in [0, 0.05) is 40.2 Å². The molecule has 40 heavy (non-hydrogen) atoms. The number of hydrogen-bond acceptors (Lipinski definition) is 3. The van der Waals surface area contributed by atoms with Gasteiger partial charge in [-0.3, -0.25) is 9.59 Å². The van der Waals surface area contributed by atoms with Crippen LogP contribution in [0, 0.1) is 5.82 Å². The summed E-state index contributed by atoms with van der Waals surface area (Å²) in [6.45, 7) is 0. The van der Waals surface area contributed by atoms with Gasteiger partial charge in [0.25, 0.3) is 11.8 Å². The maximum atomic E-state index is 13.8. The number of nitrogens with one attached hydrogen (secondary N) is 1.